The third kappa shape index (κ3) is 2.87. The minimum absolute atomic E-state index is 0.279. The lowest BCUT2D eigenvalue weighted by Crippen LogP contribution is -2.17. The van der Waals surface area contributed by atoms with E-state index in [1.165, 1.54) is 0 Å². The molecule has 2 aromatic carbocycles. The summed E-state index contributed by atoms with van der Waals surface area (Å²) in [6.07, 6.45) is 0. The highest BCUT2D eigenvalue weighted by molar-refractivity contribution is 7.92. The number of rotatable bonds is 3. The fourth-order valence-electron chi connectivity index (χ4n) is 1.88. The molecule has 0 unspecified atom stereocenters. The summed E-state index contributed by atoms with van der Waals surface area (Å²) in [5, 5.41) is 0. The lowest BCUT2D eigenvalue weighted by atomic mass is 10.1. The third-order valence-corrected chi connectivity index (χ3v) is 4.37. The molecule has 7 heteroatoms. The van der Waals surface area contributed by atoms with Crippen molar-refractivity contribution in [1.82, 2.24) is 0 Å². The Morgan fingerprint density at radius 1 is 0.905 bits per heavy atom. The van der Waals surface area contributed by atoms with Gasteiger partial charge in [0.05, 0.1) is 5.69 Å². The average Bonchev–Trinajstić information content (AvgIpc) is 2.40. The molecule has 0 aliphatic rings. The Balaban J connectivity index is 2.52. The van der Waals surface area contributed by atoms with Gasteiger partial charge in [-0.1, -0.05) is 18.2 Å². The second kappa shape index (κ2) is 5.40. The topological polar surface area (TPSA) is 46.2 Å². The van der Waals surface area contributed by atoms with Gasteiger partial charge in [0.25, 0.3) is 10.0 Å². The summed E-state index contributed by atoms with van der Waals surface area (Å²) >= 11 is 0. The number of para-hydroxylation sites is 1. The average molecular weight is 315 g/mol. The first-order valence-electron chi connectivity index (χ1n) is 5.96. The molecule has 0 fully saturated rings. The molecule has 0 saturated carbocycles. The Hall–Kier alpha value is -2.02. The highest BCUT2D eigenvalue weighted by Gasteiger charge is 2.24. The van der Waals surface area contributed by atoms with Crippen molar-refractivity contribution in [2.45, 2.75) is 18.7 Å². The van der Waals surface area contributed by atoms with Crippen LogP contribution in [0.3, 0.4) is 0 Å². The predicted molar refractivity (Wildman–Crippen MR) is 73.0 cm³/mol. The quantitative estimate of drug-likeness (QED) is 0.881. The van der Waals surface area contributed by atoms with Crippen molar-refractivity contribution in [3.63, 3.8) is 0 Å². The van der Waals surface area contributed by atoms with Gasteiger partial charge in [0.15, 0.2) is 17.5 Å². The van der Waals surface area contributed by atoms with Crippen LogP contribution >= 0.6 is 0 Å². The summed E-state index contributed by atoms with van der Waals surface area (Å²) in [6.45, 7) is 3.35. The molecule has 2 rings (SSSR count). The Labute approximate surface area is 120 Å². The summed E-state index contributed by atoms with van der Waals surface area (Å²) in [7, 11) is -4.36. The van der Waals surface area contributed by atoms with Crippen molar-refractivity contribution >= 4 is 15.7 Å². The van der Waals surface area contributed by atoms with E-state index >= 15 is 0 Å². The minimum atomic E-state index is -4.36. The molecule has 0 saturated heterocycles. The van der Waals surface area contributed by atoms with Crippen LogP contribution in [0.2, 0.25) is 0 Å². The Bertz CT molecular complexity index is 784. The molecule has 0 radical (unpaired) electrons. The van der Waals surface area contributed by atoms with E-state index in [0.717, 1.165) is 0 Å². The molecule has 112 valence electrons. The monoisotopic (exact) mass is 315 g/mol. The predicted octanol–water partition coefficient (Wildman–Crippen LogP) is 3.52. The van der Waals surface area contributed by atoms with Crippen molar-refractivity contribution in [3.8, 4) is 0 Å². The maximum atomic E-state index is 13.6. The van der Waals surface area contributed by atoms with Gasteiger partial charge in [-0.3, -0.25) is 4.72 Å². The number of halogens is 3. The van der Waals surface area contributed by atoms with E-state index in [0.29, 0.717) is 23.3 Å². The summed E-state index contributed by atoms with van der Waals surface area (Å²) in [5.41, 5.74) is 1.53. The van der Waals surface area contributed by atoms with E-state index < -0.39 is 32.4 Å². The first-order valence-corrected chi connectivity index (χ1v) is 7.45. The third-order valence-electron chi connectivity index (χ3n) is 3.01. The second-order valence-corrected chi connectivity index (χ2v) is 6.20. The van der Waals surface area contributed by atoms with Gasteiger partial charge in [-0.05, 0) is 37.1 Å². The molecule has 2 aromatic rings. The largest absolute Gasteiger partial charge is 0.279 e. The number of anilines is 1. The number of hydrogen-bond acceptors (Lipinski definition) is 2. The van der Waals surface area contributed by atoms with E-state index in [1.807, 2.05) is 0 Å². The van der Waals surface area contributed by atoms with Crippen LogP contribution in [0.4, 0.5) is 18.9 Å². The molecule has 0 heterocycles. The molecule has 0 aromatic heterocycles. The van der Waals surface area contributed by atoms with E-state index in [-0.39, 0.29) is 5.69 Å². The normalized spacial score (nSPS) is 11.5. The van der Waals surface area contributed by atoms with Crippen LogP contribution < -0.4 is 4.72 Å². The summed E-state index contributed by atoms with van der Waals surface area (Å²) < 4.78 is 66.2. The Kier molecular flexibility index (Phi) is 3.95. The Morgan fingerprint density at radius 2 is 1.48 bits per heavy atom. The number of hydrogen-bond donors (Lipinski definition) is 1. The maximum Gasteiger partial charge on any atom is 0.264 e. The number of aryl methyl sites for hydroxylation is 2. The maximum absolute atomic E-state index is 13.6. The zero-order valence-electron chi connectivity index (χ0n) is 11.2. The lowest BCUT2D eigenvalue weighted by molar-refractivity contribution is 0.432. The molecule has 0 aliphatic heterocycles. The molecule has 21 heavy (non-hydrogen) atoms. The van der Waals surface area contributed by atoms with Gasteiger partial charge in [-0.25, -0.2) is 21.6 Å². The van der Waals surface area contributed by atoms with Crippen molar-refractivity contribution in [3.05, 3.63) is 58.9 Å². The lowest BCUT2D eigenvalue weighted by Gasteiger charge is -2.13. The van der Waals surface area contributed by atoms with Crippen LogP contribution in [-0.4, -0.2) is 8.42 Å². The van der Waals surface area contributed by atoms with E-state index in [4.69, 9.17) is 0 Å². The van der Waals surface area contributed by atoms with Gasteiger partial charge >= 0.3 is 0 Å². The molecule has 0 bridgehead atoms. The second-order valence-electron chi connectivity index (χ2n) is 4.55. The smallest absolute Gasteiger partial charge is 0.264 e. The molecule has 3 nitrogen and oxygen atoms in total. The zero-order valence-corrected chi connectivity index (χ0v) is 12.1. The van der Waals surface area contributed by atoms with Crippen LogP contribution in [0.1, 0.15) is 11.1 Å². The molecule has 0 amide bonds. The highest BCUT2D eigenvalue weighted by atomic mass is 32.2. The van der Waals surface area contributed by atoms with Gasteiger partial charge < -0.3 is 0 Å². The first-order chi connectivity index (χ1) is 9.74. The van der Waals surface area contributed by atoms with E-state index in [1.54, 1.807) is 32.0 Å². The summed E-state index contributed by atoms with van der Waals surface area (Å²) in [4.78, 5) is -0.941. The van der Waals surface area contributed by atoms with Gasteiger partial charge in [0.1, 0.15) is 4.90 Å². The number of nitrogens with one attached hydrogen (secondary N) is 1. The molecular weight excluding hydrogens is 303 g/mol. The molecule has 0 atom stereocenters. The SMILES string of the molecule is Cc1cccc(C)c1NS(=O)(=O)c1ccc(F)c(F)c1F. The zero-order chi connectivity index (χ0) is 15.8. The standard InChI is InChI=1S/C14H12F3NO2S/c1-8-4-3-5-9(2)14(8)18-21(19,20)11-7-6-10(15)12(16)13(11)17/h3-7,18H,1-2H3. The van der Waals surface area contributed by atoms with Crippen LogP contribution in [-0.2, 0) is 10.0 Å². The fraction of sp³-hybridized carbons (Fsp3) is 0.143. The van der Waals surface area contributed by atoms with Crippen molar-refractivity contribution < 1.29 is 21.6 Å². The van der Waals surface area contributed by atoms with E-state index in [2.05, 4.69) is 4.72 Å². The molecule has 0 spiro atoms. The highest BCUT2D eigenvalue weighted by Crippen LogP contribution is 2.26. The van der Waals surface area contributed by atoms with Gasteiger partial charge in [0.2, 0.25) is 0 Å². The van der Waals surface area contributed by atoms with Crippen molar-refractivity contribution in [2.24, 2.45) is 0 Å². The summed E-state index contributed by atoms with van der Waals surface area (Å²) in [5.74, 6) is -5.01. The van der Waals surface area contributed by atoms with E-state index in [9.17, 15) is 21.6 Å². The fourth-order valence-corrected chi connectivity index (χ4v) is 3.15. The van der Waals surface area contributed by atoms with Gasteiger partial charge in [-0.2, -0.15) is 0 Å². The Morgan fingerprint density at radius 3 is 2.05 bits per heavy atom. The van der Waals surface area contributed by atoms with Gasteiger partial charge in [-0.15, -0.1) is 0 Å². The molecular formula is C14H12F3NO2S. The first kappa shape index (κ1) is 15.4. The summed E-state index contributed by atoms with van der Waals surface area (Å²) in [6, 6.07) is 6.33. The van der Waals surface area contributed by atoms with Crippen molar-refractivity contribution in [1.29, 1.82) is 0 Å². The van der Waals surface area contributed by atoms with Crippen LogP contribution in [0, 0.1) is 31.3 Å². The number of sulfonamides is 1. The van der Waals surface area contributed by atoms with Crippen molar-refractivity contribution in [2.75, 3.05) is 4.72 Å². The van der Waals surface area contributed by atoms with Crippen LogP contribution in [0.25, 0.3) is 0 Å². The van der Waals surface area contributed by atoms with Crippen LogP contribution in [0.15, 0.2) is 35.2 Å². The molecule has 1 N–H and O–H groups in total. The minimum Gasteiger partial charge on any atom is -0.279 e. The number of benzene rings is 2. The van der Waals surface area contributed by atoms with Gasteiger partial charge in [0, 0.05) is 0 Å². The molecule has 0 aliphatic carbocycles. The van der Waals surface area contributed by atoms with Crippen LogP contribution in [0.5, 0.6) is 0 Å².